The number of rotatable bonds is 8. The van der Waals surface area contributed by atoms with Gasteiger partial charge >= 0.3 is 0 Å². The first-order valence-corrected chi connectivity index (χ1v) is 10.5. The number of aliphatic hydroxyl groups is 1. The molecule has 7 nitrogen and oxygen atoms in total. The summed E-state index contributed by atoms with van der Waals surface area (Å²) in [4.78, 5) is 33.5. The average Bonchev–Trinajstić information content (AvgIpc) is 3.00. The van der Waals surface area contributed by atoms with E-state index in [9.17, 15) is 14.7 Å². The molecule has 0 spiro atoms. The number of carbonyl (C=O) groups excluding carboxylic acids is 2. The molecule has 1 aliphatic rings. The SMILES string of the molecule is CCOc1ccc(Cl)c(/C(O)=C2\C(=O)C(=O)N(CCCN(C)C)C2c2ccncc2)c1. The predicted octanol–water partition coefficient (Wildman–Crippen LogP) is 3.51. The molecular weight excluding hydrogens is 418 g/mol. The van der Waals surface area contributed by atoms with Gasteiger partial charge in [0.15, 0.2) is 0 Å². The maximum atomic E-state index is 13.0. The second-order valence-electron chi connectivity index (χ2n) is 7.50. The van der Waals surface area contributed by atoms with Crippen LogP contribution < -0.4 is 4.74 Å². The minimum absolute atomic E-state index is 0.0107. The number of pyridine rings is 1. The Morgan fingerprint density at radius 2 is 1.94 bits per heavy atom. The number of likely N-dealkylation sites (tertiary alicyclic amines) is 1. The van der Waals surface area contributed by atoms with Crippen LogP contribution in [0.2, 0.25) is 5.02 Å². The number of halogens is 1. The number of nitrogens with zero attached hydrogens (tertiary/aromatic N) is 3. The zero-order chi connectivity index (χ0) is 22.5. The van der Waals surface area contributed by atoms with Crippen molar-refractivity contribution in [1.29, 1.82) is 0 Å². The van der Waals surface area contributed by atoms with E-state index >= 15 is 0 Å². The van der Waals surface area contributed by atoms with Crippen LogP contribution >= 0.6 is 11.6 Å². The maximum Gasteiger partial charge on any atom is 0.295 e. The first-order valence-electron chi connectivity index (χ1n) is 10.1. The van der Waals surface area contributed by atoms with Crippen molar-refractivity contribution < 1.29 is 19.4 Å². The molecule has 1 aliphatic heterocycles. The molecule has 1 aromatic heterocycles. The van der Waals surface area contributed by atoms with Crippen LogP contribution in [0, 0.1) is 0 Å². The second kappa shape index (κ2) is 9.94. The minimum Gasteiger partial charge on any atom is -0.507 e. The maximum absolute atomic E-state index is 13.0. The summed E-state index contributed by atoms with van der Waals surface area (Å²) in [6.07, 6.45) is 3.87. The van der Waals surface area contributed by atoms with Gasteiger partial charge in [0, 0.05) is 24.5 Å². The van der Waals surface area contributed by atoms with Gasteiger partial charge in [-0.2, -0.15) is 0 Å². The number of hydrogen-bond acceptors (Lipinski definition) is 6. The lowest BCUT2D eigenvalue weighted by Gasteiger charge is -2.25. The third-order valence-electron chi connectivity index (χ3n) is 5.07. The third kappa shape index (κ3) is 4.89. The zero-order valence-electron chi connectivity index (χ0n) is 17.8. The third-order valence-corrected chi connectivity index (χ3v) is 5.40. The van der Waals surface area contributed by atoms with E-state index in [0.29, 0.717) is 30.9 Å². The Hall–Kier alpha value is -2.90. The second-order valence-corrected chi connectivity index (χ2v) is 7.91. The number of ether oxygens (including phenoxy) is 1. The molecule has 1 amide bonds. The van der Waals surface area contributed by atoms with Gasteiger partial charge in [-0.3, -0.25) is 14.6 Å². The molecule has 1 aromatic carbocycles. The Kier molecular flexibility index (Phi) is 7.30. The molecule has 1 N–H and O–H groups in total. The van der Waals surface area contributed by atoms with Crippen LogP contribution in [-0.4, -0.2) is 65.4 Å². The van der Waals surface area contributed by atoms with E-state index in [0.717, 1.165) is 6.54 Å². The van der Waals surface area contributed by atoms with E-state index in [1.54, 1.807) is 42.7 Å². The number of hydrogen-bond donors (Lipinski definition) is 1. The van der Waals surface area contributed by atoms with Crippen LogP contribution in [0.4, 0.5) is 0 Å². The van der Waals surface area contributed by atoms with Gasteiger partial charge in [0.05, 0.1) is 23.2 Å². The number of ketones is 1. The number of carbonyl (C=O) groups is 2. The molecule has 8 heteroatoms. The van der Waals surface area contributed by atoms with E-state index in [2.05, 4.69) is 4.98 Å². The molecule has 3 rings (SSSR count). The standard InChI is InChI=1S/C23H26ClN3O4/c1-4-31-16-6-7-18(24)17(14-16)21(28)19-20(15-8-10-25-11-9-15)27(23(30)22(19)29)13-5-12-26(2)3/h6-11,14,20,28H,4-5,12-13H2,1-3H3/b21-19+. The lowest BCUT2D eigenvalue weighted by Crippen LogP contribution is -2.32. The van der Waals surface area contributed by atoms with Crippen LogP contribution in [-0.2, 0) is 9.59 Å². The fraction of sp³-hybridized carbons (Fsp3) is 0.348. The number of benzene rings is 1. The van der Waals surface area contributed by atoms with Gasteiger partial charge in [0.1, 0.15) is 11.5 Å². The molecule has 164 valence electrons. The molecule has 1 saturated heterocycles. The summed E-state index contributed by atoms with van der Waals surface area (Å²) < 4.78 is 5.50. The van der Waals surface area contributed by atoms with Gasteiger partial charge < -0.3 is 19.6 Å². The van der Waals surface area contributed by atoms with Gasteiger partial charge in [-0.15, -0.1) is 0 Å². The molecule has 1 atom stereocenters. The normalized spacial score (nSPS) is 18.1. The summed E-state index contributed by atoms with van der Waals surface area (Å²) in [6, 6.07) is 7.60. The van der Waals surface area contributed by atoms with Crippen molar-refractivity contribution in [2.75, 3.05) is 33.8 Å². The highest BCUT2D eigenvalue weighted by Gasteiger charge is 2.46. The lowest BCUT2D eigenvalue weighted by atomic mass is 9.96. The van der Waals surface area contributed by atoms with Crippen molar-refractivity contribution in [3.8, 4) is 5.75 Å². The molecule has 31 heavy (non-hydrogen) atoms. The van der Waals surface area contributed by atoms with Crippen LogP contribution in [0.15, 0.2) is 48.3 Å². The van der Waals surface area contributed by atoms with E-state index in [4.69, 9.17) is 16.3 Å². The highest BCUT2D eigenvalue weighted by atomic mass is 35.5. The van der Waals surface area contributed by atoms with Crippen molar-refractivity contribution in [2.45, 2.75) is 19.4 Å². The monoisotopic (exact) mass is 443 g/mol. The van der Waals surface area contributed by atoms with Crippen molar-refractivity contribution in [1.82, 2.24) is 14.8 Å². The van der Waals surface area contributed by atoms with Crippen LogP contribution in [0.25, 0.3) is 5.76 Å². The summed E-state index contributed by atoms with van der Waals surface area (Å²) in [7, 11) is 3.89. The fourth-order valence-electron chi connectivity index (χ4n) is 3.65. The lowest BCUT2D eigenvalue weighted by molar-refractivity contribution is -0.139. The number of amides is 1. The van der Waals surface area contributed by atoms with E-state index in [1.165, 1.54) is 4.90 Å². The Labute approximate surface area is 186 Å². The molecule has 0 aliphatic carbocycles. The molecule has 2 heterocycles. The topological polar surface area (TPSA) is 83.0 Å². The molecule has 1 unspecified atom stereocenters. The summed E-state index contributed by atoms with van der Waals surface area (Å²) in [5, 5.41) is 11.4. The Bertz CT molecular complexity index is 992. The summed E-state index contributed by atoms with van der Waals surface area (Å²) >= 11 is 6.33. The van der Waals surface area contributed by atoms with Gasteiger partial charge in [-0.1, -0.05) is 11.6 Å². The van der Waals surface area contributed by atoms with Gasteiger partial charge in [-0.05, 0) is 69.9 Å². The van der Waals surface area contributed by atoms with Crippen LogP contribution in [0.5, 0.6) is 5.75 Å². The molecule has 0 saturated carbocycles. The molecule has 1 fully saturated rings. The smallest absolute Gasteiger partial charge is 0.295 e. The van der Waals surface area contributed by atoms with Gasteiger partial charge in [0.2, 0.25) is 0 Å². The van der Waals surface area contributed by atoms with E-state index < -0.39 is 17.7 Å². The summed E-state index contributed by atoms with van der Waals surface area (Å²) in [5.41, 5.74) is 0.951. The minimum atomic E-state index is -0.734. The fourth-order valence-corrected chi connectivity index (χ4v) is 3.85. The van der Waals surface area contributed by atoms with Crippen molar-refractivity contribution in [3.63, 3.8) is 0 Å². The van der Waals surface area contributed by atoms with Crippen LogP contribution in [0.1, 0.15) is 30.5 Å². The first-order chi connectivity index (χ1) is 14.8. The van der Waals surface area contributed by atoms with Gasteiger partial charge in [0.25, 0.3) is 11.7 Å². The molecular formula is C23H26ClN3O4. The zero-order valence-corrected chi connectivity index (χ0v) is 18.6. The Morgan fingerprint density at radius 1 is 1.23 bits per heavy atom. The van der Waals surface area contributed by atoms with E-state index in [1.807, 2.05) is 25.9 Å². The predicted molar refractivity (Wildman–Crippen MR) is 119 cm³/mol. The van der Waals surface area contributed by atoms with Crippen LogP contribution in [0.3, 0.4) is 0 Å². The van der Waals surface area contributed by atoms with Gasteiger partial charge in [-0.25, -0.2) is 0 Å². The number of aliphatic hydroxyl groups excluding tert-OH is 1. The highest BCUT2D eigenvalue weighted by molar-refractivity contribution is 6.47. The molecule has 0 radical (unpaired) electrons. The molecule has 2 aromatic rings. The number of aromatic nitrogens is 1. The summed E-state index contributed by atoms with van der Waals surface area (Å²) in [5.74, 6) is -1.18. The van der Waals surface area contributed by atoms with Crippen molar-refractivity contribution in [3.05, 3.63) is 64.4 Å². The van der Waals surface area contributed by atoms with E-state index in [-0.39, 0.29) is 21.9 Å². The molecule has 0 bridgehead atoms. The van der Waals surface area contributed by atoms with Crippen molar-refractivity contribution in [2.24, 2.45) is 0 Å². The summed E-state index contributed by atoms with van der Waals surface area (Å²) in [6.45, 7) is 3.42. The highest BCUT2D eigenvalue weighted by Crippen LogP contribution is 2.41. The first kappa shape index (κ1) is 22.8. The van der Waals surface area contributed by atoms with Crippen molar-refractivity contribution >= 4 is 29.1 Å². The number of Topliss-reactive ketones (excluding diaryl/α,β-unsaturated/α-hetero) is 1. The quantitative estimate of drug-likeness (QED) is 0.382. The Balaban J connectivity index is 2.11. The average molecular weight is 444 g/mol. The Morgan fingerprint density at radius 3 is 2.58 bits per heavy atom. The largest absolute Gasteiger partial charge is 0.507 e.